The number of methoxy groups -OCH3 is 4. The van der Waals surface area contributed by atoms with Gasteiger partial charge in [0.05, 0.1) is 34.5 Å². The third-order valence-electron chi connectivity index (χ3n) is 4.11. The molecule has 7 nitrogen and oxygen atoms in total. The highest BCUT2D eigenvalue weighted by molar-refractivity contribution is 5.91. The van der Waals surface area contributed by atoms with E-state index in [0.29, 0.717) is 34.2 Å². The first-order valence-corrected chi connectivity index (χ1v) is 8.44. The lowest BCUT2D eigenvalue weighted by molar-refractivity contribution is -0.116. The highest BCUT2D eigenvalue weighted by Gasteiger charge is 2.16. The molecule has 1 atom stereocenters. The number of aliphatic hydroxyl groups is 1. The number of hydrogen-bond acceptors (Lipinski definition) is 6. The molecular formula is C20H25NO6. The molecule has 1 unspecified atom stereocenters. The number of rotatable bonds is 9. The van der Waals surface area contributed by atoms with Gasteiger partial charge in [-0.15, -0.1) is 0 Å². The number of anilines is 1. The van der Waals surface area contributed by atoms with E-state index in [0.717, 1.165) is 0 Å². The van der Waals surface area contributed by atoms with Gasteiger partial charge in [0, 0.05) is 29.8 Å². The lowest BCUT2D eigenvalue weighted by Gasteiger charge is -2.16. The van der Waals surface area contributed by atoms with Gasteiger partial charge in [0.15, 0.2) is 11.5 Å². The SMILES string of the molecule is COc1ccc(C(O)CCC(=O)Nc2ccc(OC)c(OC)c2)c(OC)c1. The van der Waals surface area contributed by atoms with Gasteiger partial charge in [-0.2, -0.15) is 0 Å². The quantitative estimate of drug-likeness (QED) is 0.700. The molecular weight excluding hydrogens is 350 g/mol. The summed E-state index contributed by atoms with van der Waals surface area (Å²) in [6.45, 7) is 0. The second-order valence-electron chi connectivity index (χ2n) is 5.78. The third kappa shape index (κ3) is 5.27. The third-order valence-corrected chi connectivity index (χ3v) is 4.11. The molecule has 0 bridgehead atoms. The van der Waals surface area contributed by atoms with E-state index in [1.165, 1.54) is 14.2 Å². The number of hydrogen-bond donors (Lipinski definition) is 2. The first-order valence-electron chi connectivity index (χ1n) is 8.44. The van der Waals surface area contributed by atoms with Crippen LogP contribution in [-0.2, 0) is 4.79 Å². The van der Waals surface area contributed by atoms with Gasteiger partial charge in [-0.05, 0) is 30.7 Å². The van der Waals surface area contributed by atoms with Crippen LogP contribution in [0.5, 0.6) is 23.0 Å². The molecule has 2 aromatic rings. The van der Waals surface area contributed by atoms with E-state index >= 15 is 0 Å². The van der Waals surface area contributed by atoms with Crippen LogP contribution in [0.1, 0.15) is 24.5 Å². The highest BCUT2D eigenvalue weighted by atomic mass is 16.5. The Kier molecular flexibility index (Phi) is 7.31. The Morgan fingerprint density at radius 2 is 1.63 bits per heavy atom. The maximum absolute atomic E-state index is 12.2. The molecule has 146 valence electrons. The maximum Gasteiger partial charge on any atom is 0.224 e. The van der Waals surface area contributed by atoms with Crippen molar-refractivity contribution in [3.05, 3.63) is 42.0 Å². The summed E-state index contributed by atoms with van der Waals surface area (Å²) in [5.74, 6) is 2.04. The predicted octanol–water partition coefficient (Wildman–Crippen LogP) is 3.17. The molecule has 0 aliphatic heterocycles. The van der Waals surface area contributed by atoms with Crippen molar-refractivity contribution in [3.8, 4) is 23.0 Å². The number of carbonyl (C=O) groups is 1. The Labute approximate surface area is 158 Å². The van der Waals surface area contributed by atoms with E-state index in [2.05, 4.69) is 5.32 Å². The molecule has 0 spiro atoms. The van der Waals surface area contributed by atoms with Crippen molar-refractivity contribution in [1.29, 1.82) is 0 Å². The van der Waals surface area contributed by atoms with Gasteiger partial charge in [-0.3, -0.25) is 4.79 Å². The van der Waals surface area contributed by atoms with Crippen molar-refractivity contribution < 1.29 is 28.8 Å². The minimum atomic E-state index is -0.831. The fraction of sp³-hybridized carbons (Fsp3) is 0.350. The molecule has 2 rings (SSSR count). The number of nitrogens with one attached hydrogen (secondary N) is 1. The van der Waals surface area contributed by atoms with Crippen molar-refractivity contribution in [3.63, 3.8) is 0 Å². The Morgan fingerprint density at radius 3 is 2.26 bits per heavy atom. The summed E-state index contributed by atoms with van der Waals surface area (Å²) in [6, 6.07) is 10.3. The van der Waals surface area contributed by atoms with Crippen molar-refractivity contribution in [2.45, 2.75) is 18.9 Å². The van der Waals surface area contributed by atoms with Gasteiger partial charge >= 0.3 is 0 Å². The molecule has 1 amide bonds. The number of ether oxygens (including phenoxy) is 4. The van der Waals surface area contributed by atoms with Crippen molar-refractivity contribution in [2.75, 3.05) is 33.8 Å². The number of benzene rings is 2. The van der Waals surface area contributed by atoms with Gasteiger partial charge in [0.1, 0.15) is 11.5 Å². The summed E-state index contributed by atoms with van der Waals surface area (Å²) in [7, 11) is 6.16. The summed E-state index contributed by atoms with van der Waals surface area (Å²) < 4.78 is 20.8. The molecule has 0 aliphatic rings. The summed E-state index contributed by atoms with van der Waals surface area (Å²) >= 11 is 0. The summed E-state index contributed by atoms with van der Waals surface area (Å²) in [5, 5.41) is 13.2. The van der Waals surface area contributed by atoms with E-state index in [1.807, 2.05) is 0 Å². The van der Waals surface area contributed by atoms with Crippen LogP contribution in [0.3, 0.4) is 0 Å². The Hall–Kier alpha value is -2.93. The molecule has 0 aliphatic carbocycles. The van der Waals surface area contributed by atoms with E-state index in [-0.39, 0.29) is 18.7 Å². The maximum atomic E-state index is 12.2. The fourth-order valence-electron chi connectivity index (χ4n) is 2.65. The number of aliphatic hydroxyl groups excluding tert-OH is 1. The molecule has 0 fully saturated rings. The van der Waals surface area contributed by atoms with E-state index in [9.17, 15) is 9.90 Å². The average Bonchev–Trinajstić information content (AvgIpc) is 2.71. The molecule has 27 heavy (non-hydrogen) atoms. The topological polar surface area (TPSA) is 86.3 Å². The van der Waals surface area contributed by atoms with Gasteiger partial charge in [-0.1, -0.05) is 0 Å². The summed E-state index contributed by atoms with van der Waals surface area (Å²) in [4.78, 5) is 12.2. The van der Waals surface area contributed by atoms with E-state index < -0.39 is 6.10 Å². The van der Waals surface area contributed by atoms with Crippen LogP contribution >= 0.6 is 0 Å². The van der Waals surface area contributed by atoms with Crippen LogP contribution in [0.15, 0.2) is 36.4 Å². The van der Waals surface area contributed by atoms with Crippen LogP contribution in [-0.4, -0.2) is 39.5 Å². The van der Waals surface area contributed by atoms with Crippen molar-refractivity contribution >= 4 is 11.6 Å². The molecule has 2 N–H and O–H groups in total. The fourth-order valence-corrected chi connectivity index (χ4v) is 2.65. The summed E-state index contributed by atoms with van der Waals surface area (Å²) in [6.07, 6.45) is -0.436. The second kappa shape index (κ2) is 9.68. The van der Waals surface area contributed by atoms with Gasteiger partial charge in [0.25, 0.3) is 0 Å². The zero-order chi connectivity index (χ0) is 19.8. The van der Waals surface area contributed by atoms with Gasteiger partial charge in [0.2, 0.25) is 5.91 Å². The monoisotopic (exact) mass is 375 g/mol. The molecule has 2 aromatic carbocycles. The smallest absolute Gasteiger partial charge is 0.224 e. The van der Waals surface area contributed by atoms with E-state index in [1.54, 1.807) is 50.6 Å². The standard InChI is InChI=1S/C20H25NO6/c1-24-14-6-7-15(18(12-14)26-3)16(22)8-10-20(23)21-13-5-9-17(25-2)19(11-13)27-4/h5-7,9,11-12,16,22H,8,10H2,1-4H3,(H,21,23). The molecule has 0 radical (unpaired) electrons. The molecule has 0 aromatic heterocycles. The zero-order valence-corrected chi connectivity index (χ0v) is 15.9. The van der Waals surface area contributed by atoms with Crippen LogP contribution in [0.25, 0.3) is 0 Å². The van der Waals surface area contributed by atoms with E-state index in [4.69, 9.17) is 18.9 Å². The van der Waals surface area contributed by atoms with Gasteiger partial charge < -0.3 is 29.4 Å². The normalized spacial score (nSPS) is 11.4. The Morgan fingerprint density at radius 1 is 0.926 bits per heavy atom. The lowest BCUT2D eigenvalue weighted by Crippen LogP contribution is -2.13. The Bertz CT molecular complexity index is 777. The highest BCUT2D eigenvalue weighted by Crippen LogP contribution is 2.32. The van der Waals surface area contributed by atoms with Crippen LogP contribution in [0.4, 0.5) is 5.69 Å². The first-order chi connectivity index (χ1) is 13.0. The van der Waals surface area contributed by atoms with Crippen molar-refractivity contribution in [1.82, 2.24) is 0 Å². The molecule has 7 heteroatoms. The second-order valence-corrected chi connectivity index (χ2v) is 5.78. The molecule has 0 saturated heterocycles. The minimum Gasteiger partial charge on any atom is -0.497 e. The largest absolute Gasteiger partial charge is 0.497 e. The average molecular weight is 375 g/mol. The lowest BCUT2D eigenvalue weighted by atomic mass is 10.0. The predicted molar refractivity (Wildman–Crippen MR) is 102 cm³/mol. The molecule has 0 saturated carbocycles. The minimum absolute atomic E-state index is 0.144. The van der Waals surface area contributed by atoms with Crippen LogP contribution in [0.2, 0.25) is 0 Å². The first kappa shape index (κ1) is 20.4. The number of carbonyl (C=O) groups excluding carboxylic acids is 1. The van der Waals surface area contributed by atoms with Crippen LogP contribution < -0.4 is 24.3 Å². The van der Waals surface area contributed by atoms with Crippen molar-refractivity contribution in [2.24, 2.45) is 0 Å². The summed E-state index contributed by atoms with van der Waals surface area (Å²) in [5.41, 5.74) is 1.20. The van der Waals surface area contributed by atoms with Crippen LogP contribution in [0, 0.1) is 0 Å². The van der Waals surface area contributed by atoms with Gasteiger partial charge in [-0.25, -0.2) is 0 Å². The Balaban J connectivity index is 1.97. The zero-order valence-electron chi connectivity index (χ0n) is 15.9. The number of amides is 1. The molecule has 0 heterocycles.